The molecule has 2 N–H and O–H groups in total. The Labute approximate surface area is 175 Å². The minimum absolute atomic E-state index is 0.0767. The second-order valence-corrected chi connectivity index (χ2v) is 7.41. The Balaban J connectivity index is 1.50. The number of carbonyl (C=O) groups is 2. The third-order valence-corrected chi connectivity index (χ3v) is 5.24. The molecule has 4 aromatic rings. The molecule has 2 heterocycles. The Morgan fingerprint density at radius 3 is 2.63 bits per heavy atom. The van der Waals surface area contributed by atoms with Crippen LogP contribution in [-0.2, 0) is 11.3 Å². The van der Waals surface area contributed by atoms with Crippen LogP contribution in [0.25, 0.3) is 10.9 Å². The van der Waals surface area contributed by atoms with Crippen molar-refractivity contribution in [2.75, 3.05) is 5.32 Å². The molecule has 0 radical (unpaired) electrons. The number of anilines is 1. The fourth-order valence-corrected chi connectivity index (χ4v) is 3.63. The molecule has 0 saturated heterocycles. The van der Waals surface area contributed by atoms with Crippen molar-refractivity contribution in [1.82, 2.24) is 9.99 Å². The van der Waals surface area contributed by atoms with Crippen LogP contribution in [0.5, 0.6) is 0 Å². The number of amides is 2. The van der Waals surface area contributed by atoms with E-state index in [4.69, 9.17) is 0 Å². The molecule has 2 aromatic carbocycles. The van der Waals surface area contributed by atoms with Crippen LogP contribution in [0.2, 0.25) is 0 Å². The normalized spacial score (nSPS) is 11.1. The number of carbonyl (C=O) groups excluding carboxylic acids is 2. The van der Waals surface area contributed by atoms with Gasteiger partial charge in [-0.2, -0.15) is 5.10 Å². The number of para-hydroxylation sites is 1. The van der Waals surface area contributed by atoms with Crippen LogP contribution in [0, 0.1) is 5.82 Å². The van der Waals surface area contributed by atoms with Gasteiger partial charge in [-0.15, -0.1) is 11.3 Å². The SMILES string of the molecule is O=C(Cn1cc(/C=N/NC(=O)c2cccs2)c2ccccc21)Nc1ccc(F)cc1. The second kappa shape index (κ2) is 8.71. The maximum absolute atomic E-state index is 13.0. The lowest BCUT2D eigenvalue weighted by atomic mass is 10.2. The summed E-state index contributed by atoms with van der Waals surface area (Å²) in [5.41, 5.74) is 4.66. The Hall–Kier alpha value is -3.78. The lowest BCUT2D eigenvalue weighted by Gasteiger charge is -2.07. The van der Waals surface area contributed by atoms with Crippen LogP contribution in [0.1, 0.15) is 15.2 Å². The molecule has 0 atom stereocenters. The molecule has 2 amide bonds. The van der Waals surface area contributed by atoms with E-state index in [0.29, 0.717) is 10.6 Å². The number of hydrogen-bond donors (Lipinski definition) is 2. The van der Waals surface area contributed by atoms with Crippen molar-refractivity contribution >= 4 is 46.0 Å². The number of hydrogen-bond acceptors (Lipinski definition) is 4. The van der Waals surface area contributed by atoms with Crippen molar-refractivity contribution in [3.05, 3.63) is 88.5 Å². The lowest BCUT2D eigenvalue weighted by molar-refractivity contribution is -0.116. The molecule has 0 spiro atoms. The molecule has 4 rings (SSSR count). The molecule has 0 bridgehead atoms. The van der Waals surface area contributed by atoms with E-state index in [0.717, 1.165) is 16.5 Å². The summed E-state index contributed by atoms with van der Waals surface area (Å²) in [5.74, 6) is -0.875. The zero-order valence-electron chi connectivity index (χ0n) is 15.7. The van der Waals surface area contributed by atoms with Crippen molar-refractivity contribution in [1.29, 1.82) is 0 Å². The molecule has 0 saturated carbocycles. The summed E-state index contributed by atoms with van der Waals surface area (Å²) in [5, 5.41) is 9.52. The highest BCUT2D eigenvalue weighted by atomic mass is 32.1. The molecular formula is C22H17FN4O2S. The molecule has 0 unspecified atom stereocenters. The van der Waals surface area contributed by atoms with E-state index in [9.17, 15) is 14.0 Å². The number of fused-ring (bicyclic) bond motifs is 1. The quantitative estimate of drug-likeness (QED) is 0.362. The standard InChI is InChI=1S/C22H17FN4O2S/c23-16-7-9-17(10-8-16)25-21(28)14-27-13-15(18-4-1-2-5-19(18)27)12-24-26-22(29)20-6-3-11-30-20/h1-13H,14H2,(H,25,28)(H,26,29)/b24-12+. The van der Waals surface area contributed by atoms with Gasteiger partial charge in [-0.05, 0) is 41.8 Å². The number of halogens is 1. The number of aromatic nitrogens is 1. The largest absolute Gasteiger partial charge is 0.337 e. The third-order valence-electron chi connectivity index (χ3n) is 4.38. The minimum Gasteiger partial charge on any atom is -0.337 e. The molecule has 0 aliphatic rings. The fourth-order valence-electron chi connectivity index (χ4n) is 3.02. The molecule has 0 aliphatic heterocycles. The number of rotatable bonds is 6. The van der Waals surface area contributed by atoms with Crippen LogP contribution in [0.15, 0.2) is 77.3 Å². The van der Waals surface area contributed by atoms with E-state index in [1.54, 1.807) is 29.1 Å². The number of nitrogens with zero attached hydrogens (tertiary/aromatic N) is 2. The number of hydrazone groups is 1. The maximum atomic E-state index is 13.0. The van der Waals surface area contributed by atoms with Crippen LogP contribution >= 0.6 is 11.3 Å². The van der Waals surface area contributed by atoms with Gasteiger partial charge in [-0.25, -0.2) is 9.82 Å². The van der Waals surface area contributed by atoms with Crippen LogP contribution in [0.4, 0.5) is 10.1 Å². The summed E-state index contributed by atoms with van der Waals surface area (Å²) in [6, 6.07) is 16.7. The van der Waals surface area contributed by atoms with Crippen molar-refractivity contribution in [3.63, 3.8) is 0 Å². The molecule has 0 fully saturated rings. The summed E-state index contributed by atoms with van der Waals surface area (Å²) in [4.78, 5) is 25.0. The predicted molar refractivity (Wildman–Crippen MR) is 116 cm³/mol. The average Bonchev–Trinajstić information content (AvgIpc) is 3.39. The van der Waals surface area contributed by atoms with E-state index < -0.39 is 0 Å². The van der Waals surface area contributed by atoms with E-state index in [1.807, 2.05) is 29.6 Å². The minimum atomic E-state index is -0.362. The first-order valence-corrected chi connectivity index (χ1v) is 9.98. The zero-order chi connectivity index (χ0) is 20.9. The summed E-state index contributed by atoms with van der Waals surface area (Å²) in [6.45, 7) is 0.0767. The topological polar surface area (TPSA) is 75.5 Å². The zero-order valence-corrected chi connectivity index (χ0v) is 16.5. The molecule has 2 aromatic heterocycles. The van der Waals surface area contributed by atoms with Gasteiger partial charge in [0.25, 0.3) is 5.91 Å². The van der Waals surface area contributed by atoms with Gasteiger partial charge in [0.1, 0.15) is 12.4 Å². The molecule has 0 aliphatic carbocycles. The van der Waals surface area contributed by atoms with Gasteiger partial charge >= 0.3 is 0 Å². The third kappa shape index (κ3) is 4.44. The van der Waals surface area contributed by atoms with Gasteiger partial charge in [0.15, 0.2) is 0 Å². The van der Waals surface area contributed by atoms with Crippen LogP contribution in [-0.4, -0.2) is 22.6 Å². The summed E-state index contributed by atoms with van der Waals surface area (Å²) in [7, 11) is 0. The number of thiophene rings is 1. The summed E-state index contributed by atoms with van der Waals surface area (Å²) >= 11 is 1.34. The Kier molecular flexibility index (Phi) is 5.67. The lowest BCUT2D eigenvalue weighted by Crippen LogP contribution is -2.18. The molecular weight excluding hydrogens is 403 g/mol. The first-order chi connectivity index (χ1) is 14.6. The van der Waals surface area contributed by atoms with Crippen LogP contribution in [0.3, 0.4) is 0 Å². The van der Waals surface area contributed by atoms with Crippen molar-refractivity contribution in [2.45, 2.75) is 6.54 Å². The van der Waals surface area contributed by atoms with E-state index in [1.165, 1.54) is 35.6 Å². The Morgan fingerprint density at radius 1 is 1.07 bits per heavy atom. The van der Waals surface area contributed by atoms with Crippen molar-refractivity contribution in [2.24, 2.45) is 5.10 Å². The predicted octanol–water partition coefficient (Wildman–Crippen LogP) is 4.24. The van der Waals surface area contributed by atoms with Gasteiger partial charge < -0.3 is 9.88 Å². The highest BCUT2D eigenvalue weighted by Gasteiger charge is 2.11. The van der Waals surface area contributed by atoms with Gasteiger partial charge in [-0.3, -0.25) is 9.59 Å². The highest BCUT2D eigenvalue weighted by Crippen LogP contribution is 2.20. The monoisotopic (exact) mass is 420 g/mol. The number of nitrogens with one attached hydrogen (secondary N) is 2. The second-order valence-electron chi connectivity index (χ2n) is 6.46. The molecule has 6 nitrogen and oxygen atoms in total. The molecule has 150 valence electrons. The Morgan fingerprint density at radius 2 is 1.87 bits per heavy atom. The van der Waals surface area contributed by atoms with Gasteiger partial charge in [0.05, 0.1) is 11.1 Å². The smallest absolute Gasteiger partial charge is 0.281 e. The first kappa shape index (κ1) is 19.5. The fraction of sp³-hybridized carbons (Fsp3) is 0.0455. The highest BCUT2D eigenvalue weighted by molar-refractivity contribution is 7.12. The summed E-state index contributed by atoms with van der Waals surface area (Å²) in [6.07, 6.45) is 3.36. The number of benzene rings is 2. The van der Waals surface area contributed by atoms with Gasteiger partial charge in [-0.1, -0.05) is 24.3 Å². The first-order valence-electron chi connectivity index (χ1n) is 9.10. The van der Waals surface area contributed by atoms with E-state index in [2.05, 4.69) is 15.8 Å². The van der Waals surface area contributed by atoms with Gasteiger partial charge in [0.2, 0.25) is 5.91 Å². The maximum Gasteiger partial charge on any atom is 0.281 e. The average molecular weight is 420 g/mol. The summed E-state index contributed by atoms with van der Waals surface area (Å²) < 4.78 is 14.8. The van der Waals surface area contributed by atoms with Gasteiger partial charge in [0, 0.05) is 28.4 Å². The Bertz CT molecular complexity index is 1210. The van der Waals surface area contributed by atoms with Crippen molar-refractivity contribution in [3.8, 4) is 0 Å². The van der Waals surface area contributed by atoms with E-state index in [-0.39, 0.29) is 24.2 Å². The van der Waals surface area contributed by atoms with E-state index >= 15 is 0 Å². The molecule has 30 heavy (non-hydrogen) atoms. The molecule has 8 heteroatoms. The van der Waals surface area contributed by atoms with Crippen molar-refractivity contribution < 1.29 is 14.0 Å². The van der Waals surface area contributed by atoms with Crippen LogP contribution < -0.4 is 10.7 Å².